The molecule has 1 fully saturated rings. The molecule has 0 saturated carbocycles. The lowest BCUT2D eigenvalue weighted by Gasteiger charge is -2.51. The Morgan fingerprint density at radius 3 is 2.47 bits per heavy atom. The van der Waals surface area contributed by atoms with Gasteiger partial charge < -0.3 is 14.9 Å². The Morgan fingerprint density at radius 2 is 2.00 bits per heavy atom. The molecule has 1 rings (SSSR count). The van der Waals surface area contributed by atoms with Gasteiger partial charge in [0.2, 0.25) is 0 Å². The lowest BCUT2D eigenvalue weighted by Crippen LogP contribution is -2.65. The third kappa shape index (κ3) is 2.35. The van der Waals surface area contributed by atoms with Crippen molar-refractivity contribution >= 4 is 0 Å². The van der Waals surface area contributed by atoms with E-state index in [-0.39, 0.29) is 5.54 Å². The summed E-state index contributed by atoms with van der Waals surface area (Å²) in [6.45, 7) is 9.38. The standard InChI is InChI=1S/C12H26N2O/c1-6-14-9-7-8-12(15,10-14)11(2,3)13(4)5/h15H,6-10H2,1-5H3/t12-/m0/s1. The summed E-state index contributed by atoms with van der Waals surface area (Å²) in [6.07, 6.45) is 2.01. The molecule has 90 valence electrons. The molecule has 3 heteroatoms. The summed E-state index contributed by atoms with van der Waals surface area (Å²) in [6, 6.07) is 0. The van der Waals surface area contributed by atoms with Crippen LogP contribution < -0.4 is 0 Å². The van der Waals surface area contributed by atoms with Crippen molar-refractivity contribution in [1.29, 1.82) is 0 Å². The highest BCUT2D eigenvalue weighted by Crippen LogP contribution is 2.34. The highest BCUT2D eigenvalue weighted by atomic mass is 16.3. The summed E-state index contributed by atoms with van der Waals surface area (Å²) >= 11 is 0. The molecule has 0 aliphatic carbocycles. The molecule has 0 bridgehead atoms. The van der Waals surface area contributed by atoms with Gasteiger partial charge in [0.15, 0.2) is 0 Å². The Labute approximate surface area is 94.1 Å². The number of nitrogens with zero attached hydrogens (tertiary/aromatic N) is 2. The fourth-order valence-electron chi connectivity index (χ4n) is 2.31. The van der Waals surface area contributed by atoms with Crippen LogP contribution in [0, 0.1) is 0 Å². The number of likely N-dealkylation sites (tertiary alicyclic amines) is 1. The number of likely N-dealkylation sites (N-methyl/N-ethyl adjacent to an activating group) is 2. The summed E-state index contributed by atoms with van der Waals surface area (Å²) in [4.78, 5) is 4.47. The van der Waals surface area contributed by atoms with Crippen LogP contribution in [0.4, 0.5) is 0 Å². The largest absolute Gasteiger partial charge is 0.387 e. The Bertz CT molecular complexity index is 216. The van der Waals surface area contributed by atoms with Crippen molar-refractivity contribution in [2.75, 3.05) is 33.7 Å². The summed E-state index contributed by atoms with van der Waals surface area (Å²) < 4.78 is 0. The normalized spacial score (nSPS) is 29.8. The highest BCUT2D eigenvalue weighted by molar-refractivity contribution is 5.03. The van der Waals surface area contributed by atoms with Gasteiger partial charge in [-0.15, -0.1) is 0 Å². The second kappa shape index (κ2) is 4.40. The summed E-state index contributed by atoms with van der Waals surface area (Å²) in [7, 11) is 4.09. The predicted octanol–water partition coefficient (Wildman–Crippen LogP) is 1.17. The maximum atomic E-state index is 10.8. The van der Waals surface area contributed by atoms with E-state index in [4.69, 9.17) is 0 Å². The van der Waals surface area contributed by atoms with E-state index in [0.29, 0.717) is 0 Å². The van der Waals surface area contributed by atoms with E-state index in [9.17, 15) is 5.11 Å². The van der Waals surface area contributed by atoms with Crippen LogP contribution in [-0.2, 0) is 0 Å². The van der Waals surface area contributed by atoms with Gasteiger partial charge in [-0.3, -0.25) is 0 Å². The van der Waals surface area contributed by atoms with Gasteiger partial charge in [0, 0.05) is 12.1 Å². The topological polar surface area (TPSA) is 26.7 Å². The van der Waals surface area contributed by atoms with E-state index in [1.54, 1.807) is 0 Å². The molecule has 0 amide bonds. The van der Waals surface area contributed by atoms with E-state index in [1.807, 2.05) is 14.1 Å². The number of aliphatic hydroxyl groups is 1. The van der Waals surface area contributed by atoms with Crippen molar-refractivity contribution in [3.63, 3.8) is 0 Å². The second-order valence-corrected chi connectivity index (χ2v) is 5.46. The number of hydrogen-bond acceptors (Lipinski definition) is 3. The molecule has 1 atom stereocenters. The van der Waals surface area contributed by atoms with Crippen LogP contribution in [0.1, 0.15) is 33.6 Å². The molecular formula is C12H26N2O. The molecule has 0 aromatic rings. The third-order valence-corrected chi connectivity index (χ3v) is 4.25. The van der Waals surface area contributed by atoms with Crippen molar-refractivity contribution in [3.8, 4) is 0 Å². The molecule has 15 heavy (non-hydrogen) atoms. The highest BCUT2D eigenvalue weighted by Gasteiger charge is 2.47. The van der Waals surface area contributed by atoms with E-state index < -0.39 is 5.60 Å². The molecule has 1 heterocycles. The summed E-state index contributed by atoms with van der Waals surface area (Å²) in [5.74, 6) is 0. The van der Waals surface area contributed by atoms with E-state index in [1.165, 1.54) is 0 Å². The van der Waals surface area contributed by atoms with Crippen LogP contribution in [0.5, 0.6) is 0 Å². The van der Waals surface area contributed by atoms with E-state index >= 15 is 0 Å². The number of rotatable bonds is 3. The van der Waals surface area contributed by atoms with Gasteiger partial charge in [0.1, 0.15) is 0 Å². The zero-order valence-electron chi connectivity index (χ0n) is 10.9. The molecule has 3 nitrogen and oxygen atoms in total. The van der Waals surface area contributed by atoms with Crippen LogP contribution in [-0.4, -0.2) is 59.8 Å². The monoisotopic (exact) mass is 214 g/mol. The minimum atomic E-state index is -0.579. The first-order valence-corrected chi connectivity index (χ1v) is 5.95. The van der Waals surface area contributed by atoms with Gasteiger partial charge in [-0.25, -0.2) is 0 Å². The van der Waals surface area contributed by atoms with Gasteiger partial charge in [-0.1, -0.05) is 6.92 Å². The molecule has 0 aromatic heterocycles. The Morgan fingerprint density at radius 1 is 1.40 bits per heavy atom. The van der Waals surface area contributed by atoms with Crippen LogP contribution in [0.3, 0.4) is 0 Å². The molecule has 0 radical (unpaired) electrons. The fraction of sp³-hybridized carbons (Fsp3) is 1.00. The molecule has 0 spiro atoms. The molecule has 1 N–H and O–H groups in total. The fourth-order valence-corrected chi connectivity index (χ4v) is 2.31. The SMILES string of the molecule is CCN1CCC[C@@](O)(C(C)(C)N(C)C)C1. The van der Waals surface area contributed by atoms with E-state index in [2.05, 4.69) is 30.6 Å². The number of hydrogen-bond donors (Lipinski definition) is 1. The molecular weight excluding hydrogens is 188 g/mol. The van der Waals surface area contributed by atoms with Crippen molar-refractivity contribution in [2.24, 2.45) is 0 Å². The molecule has 1 aliphatic heterocycles. The molecule has 0 unspecified atom stereocenters. The lowest BCUT2D eigenvalue weighted by atomic mass is 9.76. The second-order valence-electron chi connectivity index (χ2n) is 5.46. The van der Waals surface area contributed by atoms with Gasteiger partial charge in [0.25, 0.3) is 0 Å². The van der Waals surface area contributed by atoms with Crippen molar-refractivity contribution in [2.45, 2.75) is 44.8 Å². The minimum Gasteiger partial charge on any atom is -0.387 e. The smallest absolute Gasteiger partial charge is 0.0951 e. The Kier molecular flexibility index (Phi) is 3.80. The summed E-state index contributed by atoms with van der Waals surface area (Å²) in [5, 5.41) is 10.8. The molecule has 1 saturated heterocycles. The van der Waals surface area contributed by atoms with Gasteiger partial charge in [0.05, 0.1) is 5.60 Å². The third-order valence-electron chi connectivity index (χ3n) is 4.25. The quantitative estimate of drug-likeness (QED) is 0.764. The van der Waals surface area contributed by atoms with Crippen LogP contribution >= 0.6 is 0 Å². The average molecular weight is 214 g/mol. The van der Waals surface area contributed by atoms with E-state index in [0.717, 1.165) is 32.5 Å². The molecule has 1 aliphatic rings. The van der Waals surface area contributed by atoms with Crippen LogP contribution in [0.2, 0.25) is 0 Å². The zero-order valence-corrected chi connectivity index (χ0v) is 10.9. The van der Waals surface area contributed by atoms with Crippen molar-refractivity contribution in [1.82, 2.24) is 9.80 Å². The Balaban J connectivity index is 2.81. The van der Waals surface area contributed by atoms with Crippen molar-refractivity contribution in [3.05, 3.63) is 0 Å². The Hall–Kier alpha value is -0.120. The maximum absolute atomic E-state index is 10.8. The molecule has 0 aromatic carbocycles. The average Bonchev–Trinajstić information content (AvgIpc) is 2.17. The van der Waals surface area contributed by atoms with Crippen LogP contribution in [0.25, 0.3) is 0 Å². The van der Waals surface area contributed by atoms with Gasteiger partial charge in [-0.05, 0) is 53.9 Å². The van der Waals surface area contributed by atoms with Crippen molar-refractivity contribution < 1.29 is 5.11 Å². The minimum absolute atomic E-state index is 0.166. The number of β-amino-alcohol motifs (C(OH)–C–C–N with tert-alkyl or cyclic N) is 1. The van der Waals surface area contributed by atoms with Crippen LogP contribution in [0.15, 0.2) is 0 Å². The number of piperidine rings is 1. The van der Waals surface area contributed by atoms with Gasteiger partial charge >= 0.3 is 0 Å². The maximum Gasteiger partial charge on any atom is 0.0951 e. The first kappa shape index (κ1) is 12.9. The zero-order chi connectivity index (χ0) is 11.7. The lowest BCUT2D eigenvalue weighted by molar-refractivity contribution is -0.120. The predicted molar refractivity (Wildman–Crippen MR) is 64.1 cm³/mol. The van der Waals surface area contributed by atoms with Gasteiger partial charge in [-0.2, -0.15) is 0 Å². The first-order valence-electron chi connectivity index (χ1n) is 5.95. The summed E-state index contributed by atoms with van der Waals surface area (Å²) in [5.41, 5.74) is -0.744. The first-order chi connectivity index (χ1) is 6.83.